The fraction of sp³-hybridized carbons (Fsp3) is 0.647. The predicted molar refractivity (Wildman–Crippen MR) is 79.9 cm³/mol. The number of hydrogen-bond acceptors (Lipinski definition) is 2. The van der Waals surface area contributed by atoms with Gasteiger partial charge >= 0.3 is 0 Å². The van der Waals surface area contributed by atoms with Crippen molar-refractivity contribution in [3.63, 3.8) is 0 Å². The molecular weight excluding hydrogens is 251 g/mol. The zero-order valence-corrected chi connectivity index (χ0v) is 12.1. The van der Waals surface area contributed by atoms with Gasteiger partial charge in [0.05, 0.1) is 0 Å². The van der Waals surface area contributed by atoms with Crippen LogP contribution < -0.4 is 5.73 Å². The van der Waals surface area contributed by atoms with Crippen molar-refractivity contribution in [3.8, 4) is 0 Å². The number of hydrogen-bond donors (Lipinski definition) is 1. The molecule has 2 N–H and O–H groups in total. The molecule has 1 heterocycles. The van der Waals surface area contributed by atoms with Gasteiger partial charge in [-0.3, -0.25) is 4.90 Å². The minimum atomic E-state index is -0.189. The number of rotatable bonds is 3. The molecule has 0 aromatic heterocycles. The van der Waals surface area contributed by atoms with Crippen molar-refractivity contribution in [2.24, 2.45) is 11.7 Å². The van der Waals surface area contributed by atoms with Crippen molar-refractivity contribution < 1.29 is 4.39 Å². The first-order valence-electron chi connectivity index (χ1n) is 7.99. The number of nitrogens with zero attached hydrogens (tertiary/aromatic N) is 1. The summed E-state index contributed by atoms with van der Waals surface area (Å²) < 4.78 is 13.0. The molecule has 2 fully saturated rings. The third-order valence-corrected chi connectivity index (χ3v) is 5.09. The molecule has 1 unspecified atom stereocenters. The molecule has 1 aromatic rings. The summed E-state index contributed by atoms with van der Waals surface area (Å²) in [6, 6.07) is 7.40. The molecule has 0 bridgehead atoms. The minimum Gasteiger partial charge on any atom is -0.323 e. The van der Waals surface area contributed by atoms with Crippen LogP contribution in [-0.4, -0.2) is 24.0 Å². The maximum atomic E-state index is 13.0. The molecule has 1 aliphatic carbocycles. The Labute approximate surface area is 121 Å². The van der Waals surface area contributed by atoms with Gasteiger partial charge in [0, 0.05) is 18.6 Å². The summed E-state index contributed by atoms with van der Waals surface area (Å²) in [7, 11) is 0. The Morgan fingerprint density at radius 2 is 1.80 bits per heavy atom. The zero-order chi connectivity index (χ0) is 13.9. The second-order valence-electron chi connectivity index (χ2n) is 6.41. The van der Waals surface area contributed by atoms with E-state index in [1.165, 1.54) is 57.2 Å². The highest BCUT2D eigenvalue weighted by Crippen LogP contribution is 2.35. The molecule has 3 atom stereocenters. The van der Waals surface area contributed by atoms with Crippen LogP contribution in [-0.2, 0) is 0 Å². The van der Waals surface area contributed by atoms with Crippen LogP contribution in [0.2, 0.25) is 0 Å². The van der Waals surface area contributed by atoms with Gasteiger partial charge in [-0.2, -0.15) is 0 Å². The second-order valence-corrected chi connectivity index (χ2v) is 6.41. The zero-order valence-electron chi connectivity index (χ0n) is 12.1. The summed E-state index contributed by atoms with van der Waals surface area (Å²) in [6.45, 7) is 2.09. The predicted octanol–water partition coefficient (Wildman–Crippen LogP) is 3.48. The molecule has 1 saturated heterocycles. The van der Waals surface area contributed by atoms with Crippen LogP contribution in [0.15, 0.2) is 24.3 Å². The number of piperidine rings is 1. The Morgan fingerprint density at radius 1 is 1.10 bits per heavy atom. The van der Waals surface area contributed by atoms with Crippen LogP contribution in [0.25, 0.3) is 0 Å². The van der Waals surface area contributed by atoms with Crippen molar-refractivity contribution >= 4 is 0 Å². The van der Waals surface area contributed by atoms with Gasteiger partial charge in [-0.1, -0.05) is 25.0 Å². The topological polar surface area (TPSA) is 29.3 Å². The summed E-state index contributed by atoms with van der Waals surface area (Å²) in [4.78, 5) is 2.60. The molecule has 0 radical (unpaired) electrons. The first-order chi connectivity index (χ1) is 9.74. The largest absolute Gasteiger partial charge is 0.323 e. The first kappa shape index (κ1) is 14.0. The second kappa shape index (κ2) is 6.23. The van der Waals surface area contributed by atoms with E-state index in [0.29, 0.717) is 0 Å². The van der Waals surface area contributed by atoms with Gasteiger partial charge in [0.25, 0.3) is 0 Å². The SMILES string of the molecule is NC(CN1CCC[C@H]2CCCC[C@H]21)c1ccc(F)cc1. The molecule has 1 saturated carbocycles. The monoisotopic (exact) mass is 276 g/mol. The van der Waals surface area contributed by atoms with E-state index in [0.717, 1.165) is 24.1 Å². The van der Waals surface area contributed by atoms with E-state index in [2.05, 4.69) is 4.90 Å². The van der Waals surface area contributed by atoms with Crippen molar-refractivity contribution in [3.05, 3.63) is 35.6 Å². The summed E-state index contributed by atoms with van der Waals surface area (Å²) in [6.07, 6.45) is 8.19. The highest BCUT2D eigenvalue weighted by Gasteiger charge is 2.33. The van der Waals surface area contributed by atoms with Crippen LogP contribution in [0.3, 0.4) is 0 Å². The van der Waals surface area contributed by atoms with Crippen LogP contribution in [0.1, 0.15) is 50.1 Å². The molecule has 110 valence electrons. The number of fused-ring (bicyclic) bond motifs is 1. The Balaban J connectivity index is 1.65. The van der Waals surface area contributed by atoms with E-state index < -0.39 is 0 Å². The third-order valence-electron chi connectivity index (χ3n) is 5.09. The highest BCUT2D eigenvalue weighted by molar-refractivity contribution is 5.20. The number of halogens is 1. The van der Waals surface area contributed by atoms with Crippen molar-refractivity contribution in [2.45, 2.75) is 50.6 Å². The lowest BCUT2D eigenvalue weighted by Crippen LogP contribution is -2.49. The first-order valence-corrected chi connectivity index (χ1v) is 7.99. The van der Waals surface area contributed by atoms with Gasteiger partial charge in [0.1, 0.15) is 5.82 Å². The van der Waals surface area contributed by atoms with Crippen molar-refractivity contribution in [1.29, 1.82) is 0 Å². The molecule has 20 heavy (non-hydrogen) atoms. The van der Waals surface area contributed by atoms with Crippen LogP contribution in [0.4, 0.5) is 4.39 Å². The molecule has 0 spiro atoms. The fourth-order valence-corrected chi connectivity index (χ4v) is 4.02. The number of likely N-dealkylation sites (tertiary alicyclic amines) is 1. The lowest BCUT2D eigenvalue weighted by molar-refractivity contribution is 0.0561. The van der Waals surface area contributed by atoms with Crippen LogP contribution in [0, 0.1) is 11.7 Å². The molecule has 2 aliphatic rings. The van der Waals surface area contributed by atoms with E-state index >= 15 is 0 Å². The van der Waals surface area contributed by atoms with E-state index in [1.54, 1.807) is 0 Å². The Kier molecular flexibility index (Phi) is 4.37. The lowest BCUT2D eigenvalue weighted by Gasteiger charge is -2.45. The highest BCUT2D eigenvalue weighted by atomic mass is 19.1. The van der Waals surface area contributed by atoms with Gasteiger partial charge < -0.3 is 5.73 Å². The molecule has 3 heteroatoms. The quantitative estimate of drug-likeness (QED) is 0.916. The molecule has 0 amide bonds. The van der Waals surface area contributed by atoms with Gasteiger partial charge in [0.2, 0.25) is 0 Å². The van der Waals surface area contributed by atoms with Gasteiger partial charge in [0.15, 0.2) is 0 Å². The lowest BCUT2D eigenvalue weighted by atomic mass is 9.78. The van der Waals surface area contributed by atoms with Gasteiger partial charge in [-0.05, 0) is 55.8 Å². The molecular formula is C17H25FN2. The molecule has 3 rings (SSSR count). The maximum absolute atomic E-state index is 13.0. The molecule has 2 nitrogen and oxygen atoms in total. The standard InChI is InChI=1S/C17H25FN2/c18-15-9-7-13(8-10-15)16(19)12-20-11-3-5-14-4-1-2-6-17(14)20/h7-10,14,16-17H,1-6,11-12,19H2/t14-,16?,17-/m1/s1. The summed E-state index contributed by atoms with van der Waals surface area (Å²) in [5.41, 5.74) is 7.38. The van der Waals surface area contributed by atoms with Gasteiger partial charge in [-0.15, -0.1) is 0 Å². The fourth-order valence-electron chi connectivity index (χ4n) is 4.02. The van der Waals surface area contributed by atoms with Crippen LogP contribution >= 0.6 is 0 Å². The van der Waals surface area contributed by atoms with E-state index in [9.17, 15) is 4.39 Å². The van der Waals surface area contributed by atoms with E-state index in [-0.39, 0.29) is 11.9 Å². The Bertz CT molecular complexity index is 429. The van der Waals surface area contributed by atoms with Crippen molar-refractivity contribution in [1.82, 2.24) is 4.90 Å². The Hall–Kier alpha value is -0.930. The maximum Gasteiger partial charge on any atom is 0.123 e. The number of nitrogens with two attached hydrogens (primary N) is 1. The third kappa shape index (κ3) is 3.04. The van der Waals surface area contributed by atoms with E-state index in [4.69, 9.17) is 5.73 Å². The van der Waals surface area contributed by atoms with Crippen LogP contribution in [0.5, 0.6) is 0 Å². The Morgan fingerprint density at radius 3 is 2.60 bits per heavy atom. The smallest absolute Gasteiger partial charge is 0.123 e. The summed E-state index contributed by atoms with van der Waals surface area (Å²) in [5.74, 6) is 0.698. The average Bonchev–Trinajstić information content (AvgIpc) is 2.48. The normalized spacial score (nSPS) is 28.9. The minimum absolute atomic E-state index is 0.00345. The molecule has 1 aromatic carbocycles. The van der Waals surface area contributed by atoms with Gasteiger partial charge in [-0.25, -0.2) is 4.39 Å². The number of benzene rings is 1. The average molecular weight is 276 g/mol. The summed E-state index contributed by atoms with van der Waals surface area (Å²) >= 11 is 0. The van der Waals surface area contributed by atoms with E-state index in [1.807, 2.05) is 12.1 Å². The summed E-state index contributed by atoms with van der Waals surface area (Å²) in [5, 5.41) is 0. The molecule has 1 aliphatic heterocycles. The van der Waals surface area contributed by atoms with Crippen molar-refractivity contribution in [2.75, 3.05) is 13.1 Å².